The predicted molar refractivity (Wildman–Crippen MR) is 92.8 cm³/mol. The number of ether oxygens (including phenoxy) is 2. The number of hydrogen-bond donors (Lipinski definition) is 1. The van der Waals surface area contributed by atoms with Crippen LogP contribution in [-0.4, -0.2) is 53.0 Å². The number of methoxy groups -OCH3 is 1. The van der Waals surface area contributed by atoms with Gasteiger partial charge in [0, 0.05) is 37.2 Å². The lowest BCUT2D eigenvalue weighted by Crippen LogP contribution is -2.40. The Morgan fingerprint density at radius 2 is 2.08 bits per heavy atom. The smallest absolute Gasteiger partial charge is 0.218 e. The van der Waals surface area contributed by atoms with Crippen LogP contribution in [0.2, 0.25) is 0 Å². The van der Waals surface area contributed by atoms with Crippen molar-refractivity contribution in [3.05, 3.63) is 29.7 Å². The molecule has 4 heterocycles. The fraction of sp³-hybridized carbons (Fsp3) is 0.529. The van der Waals surface area contributed by atoms with Gasteiger partial charge in [-0.25, -0.2) is 9.97 Å². The molecule has 1 fully saturated rings. The van der Waals surface area contributed by atoms with Gasteiger partial charge in [0.2, 0.25) is 5.88 Å². The number of anilines is 2. The standard InChI is InChI=1S/C17H22N6O2/c1-24-17-9-15(18-11-19-17)20-13-2-5-23(6-3-13)16-8-12-10-25-7-4-14(12)21-22-16/h8-9,11,13H,2-7,10H2,1H3,(H,18,19,20). The number of hydrogen-bond acceptors (Lipinski definition) is 8. The van der Waals surface area contributed by atoms with Gasteiger partial charge in [0.25, 0.3) is 0 Å². The lowest BCUT2D eigenvalue weighted by molar-refractivity contribution is 0.109. The molecule has 0 aromatic carbocycles. The molecular weight excluding hydrogens is 320 g/mol. The Morgan fingerprint density at radius 1 is 1.20 bits per heavy atom. The van der Waals surface area contributed by atoms with Crippen LogP contribution >= 0.6 is 0 Å². The third-order valence-electron chi connectivity index (χ3n) is 4.71. The van der Waals surface area contributed by atoms with Crippen LogP contribution in [0.3, 0.4) is 0 Å². The number of fused-ring (bicyclic) bond motifs is 1. The molecular formula is C17H22N6O2. The fourth-order valence-corrected chi connectivity index (χ4v) is 3.28. The van der Waals surface area contributed by atoms with Crippen LogP contribution < -0.4 is 15.0 Å². The van der Waals surface area contributed by atoms with Crippen molar-refractivity contribution in [2.75, 3.05) is 37.0 Å². The highest BCUT2D eigenvalue weighted by Crippen LogP contribution is 2.23. The van der Waals surface area contributed by atoms with Gasteiger partial charge in [-0.2, -0.15) is 5.10 Å². The minimum Gasteiger partial charge on any atom is -0.481 e. The zero-order chi connectivity index (χ0) is 17.1. The summed E-state index contributed by atoms with van der Waals surface area (Å²) in [4.78, 5) is 10.6. The molecule has 0 amide bonds. The molecule has 0 bridgehead atoms. The molecule has 2 aromatic rings. The molecule has 8 nitrogen and oxygen atoms in total. The SMILES string of the molecule is COc1cc(NC2CCN(c3cc4c(nn3)CCOC4)CC2)ncn1. The van der Waals surface area contributed by atoms with Crippen LogP contribution in [0.4, 0.5) is 11.6 Å². The minimum atomic E-state index is 0.379. The number of rotatable bonds is 4. The summed E-state index contributed by atoms with van der Waals surface area (Å²) < 4.78 is 10.7. The van der Waals surface area contributed by atoms with Crippen molar-refractivity contribution in [1.82, 2.24) is 20.2 Å². The maximum atomic E-state index is 5.52. The summed E-state index contributed by atoms with van der Waals surface area (Å²) in [5.41, 5.74) is 2.24. The number of piperidine rings is 1. The van der Waals surface area contributed by atoms with E-state index in [0.717, 1.165) is 56.3 Å². The lowest BCUT2D eigenvalue weighted by Gasteiger charge is -2.33. The van der Waals surface area contributed by atoms with E-state index in [4.69, 9.17) is 9.47 Å². The Labute approximate surface area is 146 Å². The normalized spacial score (nSPS) is 17.9. The Kier molecular flexibility index (Phi) is 4.60. The molecule has 2 aliphatic heterocycles. The van der Waals surface area contributed by atoms with E-state index >= 15 is 0 Å². The molecule has 0 spiro atoms. The van der Waals surface area contributed by atoms with Crippen molar-refractivity contribution in [3.63, 3.8) is 0 Å². The van der Waals surface area contributed by atoms with Crippen molar-refractivity contribution in [2.45, 2.75) is 31.9 Å². The largest absolute Gasteiger partial charge is 0.481 e. The monoisotopic (exact) mass is 342 g/mol. The first-order valence-electron chi connectivity index (χ1n) is 8.62. The first kappa shape index (κ1) is 16.0. The van der Waals surface area contributed by atoms with Crippen molar-refractivity contribution in [3.8, 4) is 5.88 Å². The van der Waals surface area contributed by atoms with E-state index in [1.54, 1.807) is 7.11 Å². The molecule has 4 rings (SSSR count). The highest BCUT2D eigenvalue weighted by atomic mass is 16.5. The molecule has 2 aliphatic rings. The van der Waals surface area contributed by atoms with Gasteiger partial charge < -0.3 is 19.7 Å². The zero-order valence-electron chi connectivity index (χ0n) is 14.3. The van der Waals surface area contributed by atoms with E-state index in [9.17, 15) is 0 Å². The summed E-state index contributed by atoms with van der Waals surface area (Å²) in [6.07, 6.45) is 4.40. The van der Waals surface area contributed by atoms with Gasteiger partial charge in [0.15, 0.2) is 5.82 Å². The summed E-state index contributed by atoms with van der Waals surface area (Å²) in [5, 5.41) is 12.3. The van der Waals surface area contributed by atoms with E-state index in [0.29, 0.717) is 18.5 Å². The molecule has 0 atom stereocenters. The van der Waals surface area contributed by atoms with E-state index in [1.165, 1.54) is 11.9 Å². The van der Waals surface area contributed by atoms with Gasteiger partial charge in [0.05, 0.1) is 26.0 Å². The maximum Gasteiger partial charge on any atom is 0.218 e. The highest BCUT2D eigenvalue weighted by molar-refractivity contribution is 5.43. The van der Waals surface area contributed by atoms with E-state index in [2.05, 4.69) is 36.4 Å². The van der Waals surface area contributed by atoms with Gasteiger partial charge in [0.1, 0.15) is 12.1 Å². The summed E-state index contributed by atoms with van der Waals surface area (Å²) in [7, 11) is 1.61. The predicted octanol–water partition coefficient (Wildman–Crippen LogP) is 1.43. The molecule has 8 heteroatoms. The van der Waals surface area contributed by atoms with Crippen LogP contribution in [0, 0.1) is 0 Å². The van der Waals surface area contributed by atoms with Crippen molar-refractivity contribution in [1.29, 1.82) is 0 Å². The molecule has 0 saturated carbocycles. The van der Waals surface area contributed by atoms with Crippen molar-refractivity contribution in [2.24, 2.45) is 0 Å². The average molecular weight is 342 g/mol. The second-order valence-electron chi connectivity index (χ2n) is 6.33. The molecule has 0 radical (unpaired) electrons. The van der Waals surface area contributed by atoms with E-state index in [-0.39, 0.29) is 0 Å². The molecule has 1 N–H and O–H groups in total. The molecule has 0 unspecified atom stereocenters. The third kappa shape index (κ3) is 3.63. The van der Waals surface area contributed by atoms with Gasteiger partial charge in [-0.05, 0) is 18.9 Å². The minimum absolute atomic E-state index is 0.379. The Bertz CT molecular complexity index is 733. The Morgan fingerprint density at radius 3 is 2.92 bits per heavy atom. The quantitative estimate of drug-likeness (QED) is 0.893. The zero-order valence-corrected chi connectivity index (χ0v) is 14.3. The maximum absolute atomic E-state index is 5.52. The van der Waals surface area contributed by atoms with Gasteiger partial charge in [-0.3, -0.25) is 0 Å². The van der Waals surface area contributed by atoms with E-state index in [1.807, 2.05) is 6.07 Å². The van der Waals surface area contributed by atoms with Crippen molar-refractivity contribution < 1.29 is 9.47 Å². The number of nitrogens with one attached hydrogen (secondary N) is 1. The van der Waals surface area contributed by atoms with Gasteiger partial charge >= 0.3 is 0 Å². The van der Waals surface area contributed by atoms with Crippen LogP contribution in [0.25, 0.3) is 0 Å². The van der Waals surface area contributed by atoms with Crippen LogP contribution in [0.15, 0.2) is 18.5 Å². The lowest BCUT2D eigenvalue weighted by atomic mass is 10.0. The summed E-state index contributed by atoms with van der Waals surface area (Å²) in [5.74, 6) is 2.32. The molecule has 25 heavy (non-hydrogen) atoms. The second kappa shape index (κ2) is 7.18. The molecule has 132 valence electrons. The summed E-state index contributed by atoms with van der Waals surface area (Å²) in [6, 6.07) is 4.33. The third-order valence-corrected chi connectivity index (χ3v) is 4.71. The van der Waals surface area contributed by atoms with Crippen LogP contribution in [0.5, 0.6) is 5.88 Å². The molecule has 1 saturated heterocycles. The summed E-state index contributed by atoms with van der Waals surface area (Å²) >= 11 is 0. The second-order valence-corrected chi connectivity index (χ2v) is 6.33. The Hall–Kier alpha value is -2.48. The summed E-state index contributed by atoms with van der Waals surface area (Å²) in [6.45, 7) is 3.26. The van der Waals surface area contributed by atoms with E-state index < -0.39 is 0 Å². The molecule has 0 aliphatic carbocycles. The topological polar surface area (TPSA) is 85.3 Å². The Balaban J connectivity index is 1.36. The fourth-order valence-electron chi connectivity index (χ4n) is 3.28. The molecule has 2 aromatic heterocycles. The highest BCUT2D eigenvalue weighted by Gasteiger charge is 2.22. The van der Waals surface area contributed by atoms with Crippen LogP contribution in [0.1, 0.15) is 24.1 Å². The van der Waals surface area contributed by atoms with Crippen molar-refractivity contribution >= 4 is 11.6 Å². The first-order valence-corrected chi connectivity index (χ1v) is 8.62. The number of nitrogens with zero attached hydrogens (tertiary/aromatic N) is 5. The number of aromatic nitrogens is 4. The average Bonchev–Trinajstić information content (AvgIpc) is 2.68. The van der Waals surface area contributed by atoms with Gasteiger partial charge in [-0.1, -0.05) is 0 Å². The first-order chi connectivity index (χ1) is 12.3. The van der Waals surface area contributed by atoms with Crippen LogP contribution in [-0.2, 0) is 17.8 Å². The van der Waals surface area contributed by atoms with Gasteiger partial charge in [-0.15, -0.1) is 5.10 Å².